The number of sulfonamides is 1. The van der Waals surface area contributed by atoms with Gasteiger partial charge in [-0.2, -0.15) is 4.31 Å². The van der Waals surface area contributed by atoms with Crippen molar-refractivity contribution in [3.05, 3.63) is 24.4 Å². The van der Waals surface area contributed by atoms with E-state index in [4.69, 9.17) is 9.47 Å². The number of aliphatic hydroxyl groups is 1. The number of fused-ring (bicyclic) bond motifs is 1. The molecule has 0 aliphatic heterocycles. The minimum Gasteiger partial charge on any atom is -0.496 e. The number of hydrogen-bond acceptors (Lipinski definition) is 6. The van der Waals surface area contributed by atoms with Crippen LogP contribution < -0.4 is 4.74 Å². The van der Waals surface area contributed by atoms with Gasteiger partial charge in [-0.25, -0.2) is 13.2 Å². The number of hydrogen-bond donors (Lipinski definition) is 1. The van der Waals surface area contributed by atoms with E-state index in [-0.39, 0.29) is 16.8 Å². The van der Waals surface area contributed by atoms with Gasteiger partial charge >= 0.3 is 6.09 Å². The van der Waals surface area contributed by atoms with Crippen molar-refractivity contribution < 1.29 is 27.8 Å². The maximum atomic E-state index is 13.1. The largest absolute Gasteiger partial charge is 0.496 e. The molecule has 0 aliphatic carbocycles. The SMILES string of the molecule is COc1cccc2c1c(S(=O)(=O)N(C)CC(C)O)cn2C(=O)OC(C)(C)C. The average molecular weight is 398 g/mol. The summed E-state index contributed by atoms with van der Waals surface area (Å²) in [6, 6.07) is 4.91. The molecule has 1 unspecified atom stereocenters. The number of carbonyl (C=O) groups is 1. The quantitative estimate of drug-likeness (QED) is 0.831. The summed E-state index contributed by atoms with van der Waals surface area (Å²) in [4.78, 5) is 12.5. The second-order valence-electron chi connectivity index (χ2n) is 7.33. The van der Waals surface area contributed by atoms with Crippen molar-refractivity contribution in [1.82, 2.24) is 8.87 Å². The Balaban J connectivity index is 2.72. The number of benzene rings is 1. The van der Waals surface area contributed by atoms with Gasteiger partial charge in [0.1, 0.15) is 16.2 Å². The Kier molecular flexibility index (Phi) is 5.88. The molecule has 1 aromatic heterocycles. The van der Waals surface area contributed by atoms with Crippen LogP contribution in [0.15, 0.2) is 29.3 Å². The third-order valence-corrected chi connectivity index (χ3v) is 5.61. The summed E-state index contributed by atoms with van der Waals surface area (Å²) in [7, 11) is -1.19. The molecule has 0 saturated heterocycles. The molecule has 0 spiro atoms. The summed E-state index contributed by atoms with van der Waals surface area (Å²) in [6.07, 6.45) is -0.305. The summed E-state index contributed by atoms with van der Waals surface area (Å²) in [5.74, 6) is 0.318. The smallest absolute Gasteiger partial charge is 0.419 e. The predicted octanol–water partition coefficient (Wildman–Crippen LogP) is 2.43. The third kappa shape index (κ3) is 4.42. The van der Waals surface area contributed by atoms with Crippen LogP contribution in [0.5, 0.6) is 5.75 Å². The van der Waals surface area contributed by atoms with Crippen LogP contribution in [-0.2, 0) is 14.8 Å². The van der Waals surface area contributed by atoms with Crippen molar-refractivity contribution in [3.8, 4) is 5.75 Å². The van der Waals surface area contributed by atoms with Gasteiger partial charge in [0.2, 0.25) is 10.0 Å². The number of nitrogens with zero attached hydrogens (tertiary/aromatic N) is 2. The summed E-state index contributed by atoms with van der Waals surface area (Å²) in [6.45, 7) is 6.59. The van der Waals surface area contributed by atoms with E-state index >= 15 is 0 Å². The molecule has 0 fully saturated rings. The topological polar surface area (TPSA) is 98.1 Å². The highest BCUT2D eigenvalue weighted by Gasteiger charge is 2.30. The Morgan fingerprint density at radius 3 is 2.48 bits per heavy atom. The van der Waals surface area contributed by atoms with E-state index in [1.807, 2.05) is 0 Å². The summed E-state index contributed by atoms with van der Waals surface area (Å²) < 4.78 is 39.0. The molecule has 8 nitrogen and oxygen atoms in total. The summed E-state index contributed by atoms with van der Waals surface area (Å²) in [5, 5.41) is 9.84. The predicted molar refractivity (Wildman–Crippen MR) is 102 cm³/mol. The maximum Gasteiger partial charge on any atom is 0.419 e. The van der Waals surface area contributed by atoms with Gasteiger partial charge in [-0.05, 0) is 39.8 Å². The van der Waals surface area contributed by atoms with Gasteiger partial charge < -0.3 is 14.6 Å². The highest BCUT2D eigenvalue weighted by molar-refractivity contribution is 7.89. The van der Waals surface area contributed by atoms with Gasteiger partial charge in [-0.1, -0.05) is 6.07 Å². The van der Waals surface area contributed by atoms with E-state index in [9.17, 15) is 18.3 Å². The van der Waals surface area contributed by atoms with Crippen LogP contribution in [0.1, 0.15) is 27.7 Å². The number of carbonyl (C=O) groups excluding carboxylic acids is 1. The fourth-order valence-corrected chi connectivity index (χ4v) is 4.13. The van der Waals surface area contributed by atoms with Gasteiger partial charge in [0.15, 0.2) is 0 Å². The lowest BCUT2D eigenvalue weighted by molar-refractivity contribution is 0.0544. The van der Waals surface area contributed by atoms with E-state index in [1.165, 1.54) is 27.3 Å². The fourth-order valence-electron chi connectivity index (χ4n) is 2.69. The van der Waals surface area contributed by atoms with Gasteiger partial charge in [0.05, 0.1) is 24.1 Å². The first-order valence-electron chi connectivity index (χ1n) is 8.44. The van der Waals surface area contributed by atoms with E-state index in [0.29, 0.717) is 11.3 Å². The maximum absolute atomic E-state index is 13.1. The van der Waals surface area contributed by atoms with Crippen LogP contribution >= 0.6 is 0 Å². The van der Waals surface area contributed by atoms with Crippen molar-refractivity contribution in [3.63, 3.8) is 0 Å². The molecule has 1 aromatic carbocycles. The van der Waals surface area contributed by atoms with Crippen LogP contribution in [-0.4, -0.2) is 60.9 Å². The van der Waals surface area contributed by atoms with Crippen molar-refractivity contribution in [2.75, 3.05) is 20.7 Å². The Hall–Kier alpha value is -2.10. The first kappa shape index (κ1) is 21.2. The number of aromatic nitrogens is 1. The molecule has 2 rings (SSSR count). The minimum absolute atomic E-state index is 0.0867. The first-order chi connectivity index (χ1) is 12.4. The standard InChI is InChI=1S/C18H26N2O6S/c1-12(21)10-19(5)27(23,24)15-11-20(17(22)26-18(2,3)4)13-8-7-9-14(25-6)16(13)15/h7-9,11-12,21H,10H2,1-6H3. The molecule has 0 bridgehead atoms. The van der Waals surface area contributed by atoms with E-state index in [2.05, 4.69) is 0 Å². The van der Waals surface area contributed by atoms with E-state index in [1.54, 1.807) is 39.0 Å². The average Bonchev–Trinajstić information content (AvgIpc) is 2.93. The number of rotatable bonds is 5. The fraction of sp³-hybridized carbons (Fsp3) is 0.500. The van der Waals surface area contributed by atoms with E-state index < -0.39 is 27.8 Å². The van der Waals surface area contributed by atoms with Crippen LogP contribution in [0.2, 0.25) is 0 Å². The molecule has 150 valence electrons. The van der Waals surface area contributed by atoms with Crippen LogP contribution in [0.25, 0.3) is 10.9 Å². The van der Waals surface area contributed by atoms with Crippen LogP contribution in [0.4, 0.5) is 4.79 Å². The van der Waals surface area contributed by atoms with Crippen molar-refractivity contribution >= 4 is 27.0 Å². The number of ether oxygens (including phenoxy) is 2. The zero-order chi connectivity index (χ0) is 20.6. The molecule has 0 amide bonds. The lowest BCUT2D eigenvalue weighted by Gasteiger charge is -2.19. The molecule has 1 atom stereocenters. The third-order valence-electron chi connectivity index (χ3n) is 3.78. The van der Waals surface area contributed by atoms with Crippen molar-refractivity contribution in [2.45, 2.75) is 44.3 Å². The highest BCUT2D eigenvalue weighted by atomic mass is 32.2. The normalized spacial score (nSPS) is 13.8. The van der Waals surface area contributed by atoms with Gasteiger partial charge in [-0.15, -0.1) is 0 Å². The molecule has 27 heavy (non-hydrogen) atoms. The second-order valence-corrected chi connectivity index (χ2v) is 9.35. The van der Waals surface area contributed by atoms with Gasteiger partial charge in [0.25, 0.3) is 0 Å². The molecular formula is C18H26N2O6S. The molecule has 2 aromatic rings. The highest BCUT2D eigenvalue weighted by Crippen LogP contribution is 2.35. The van der Waals surface area contributed by atoms with Gasteiger partial charge in [-0.3, -0.25) is 4.57 Å². The Morgan fingerprint density at radius 2 is 1.96 bits per heavy atom. The summed E-state index contributed by atoms with van der Waals surface area (Å²) >= 11 is 0. The van der Waals surface area contributed by atoms with E-state index in [0.717, 1.165) is 8.87 Å². The van der Waals surface area contributed by atoms with Crippen molar-refractivity contribution in [2.24, 2.45) is 0 Å². The molecule has 0 saturated carbocycles. The summed E-state index contributed by atoms with van der Waals surface area (Å²) in [5.41, 5.74) is -0.387. The Labute approximate surface area is 159 Å². The zero-order valence-electron chi connectivity index (χ0n) is 16.4. The lowest BCUT2D eigenvalue weighted by atomic mass is 10.2. The van der Waals surface area contributed by atoms with Crippen LogP contribution in [0, 0.1) is 0 Å². The molecule has 9 heteroatoms. The van der Waals surface area contributed by atoms with Crippen molar-refractivity contribution in [1.29, 1.82) is 0 Å². The molecule has 0 radical (unpaired) electrons. The second kappa shape index (κ2) is 7.49. The van der Waals surface area contributed by atoms with Gasteiger partial charge in [0, 0.05) is 19.8 Å². The van der Waals surface area contributed by atoms with Crippen LogP contribution in [0.3, 0.4) is 0 Å². The molecule has 1 heterocycles. The number of methoxy groups -OCH3 is 1. The Bertz CT molecular complexity index is 941. The number of likely N-dealkylation sites (N-methyl/N-ethyl adjacent to an activating group) is 1. The zero-order valence-corrected chi connectivity index (χ0v) is 17.2. The monoisotopic (exact) mass is 398 g/mol. The molecule has 0 aliphatic rings. The number of aliphatic hydroxyl groups excluding tert-OH is 1. The lowest BCUT2D eigenvalue weighted by Crippen LogP contribution is -2.33. The minimum atomic E-state index is -3.98. The first-order valence-corrected chi connectivity index (χ1v) is 9.88. The molecular weight excluding hydrogens is 372 g/mol. The Morgan fingerprint density at radius 1 is 1.33 bits per heavy atom. The molecule has 1 N–H and O–H groups in total.